The van der Waals surface area contributed by atoms with Crippen molar-refractivity contribution in [2.45, 2.75) is 77.5 Å². The van der Waals surface area contributed by atoms with Gasteiger partial charge in [-0.3, -0.25) is 4.79 Å². The van der Waals surface area contributed by atoms with E-state index in [-0.39, 0.29) is 28.7 Å². The lowest BCUT2D eigenvalue weighted by atomic mass is 9.45. The number of ether oxygens (including phenoxy) is 1. The van der Waals surface area contributed by atoms with Gasteiger partial charge in [0.2, 0.25) is 0 Å². The highest BCUT2D eigenvalue weighted by Crippen LogP contribution is 2.66. The van der Waals surface area contributed by atoms with E-state index in [1.807, 2.05) is 30.3 Å². The molecule has 30 heavy (non-hydrogen) atoms. The van der Waals surface area contributed by atoms with Gasteiger partial charge in [0.25, 0.3) is 0 Å². The van der Waals surface area contributed by atoms with Gasteiger partial charge in [-0.25, -0.2) is 9.18 Å². The summed E-state index contributed by atoms with van der Waals surface area (Å²) in [5.74, 6) is 1.53. The van der Waals surface area contributed by atoms with Crippen molar-refractivity contribution in [1.82, 2.24) is 0 Å². The SMILES string of the molecule is C[C@]12C[C@H](F)C(=O)C[C@@H]1CC[C@@H]1[C@@H]2CC[C@]2(C)[C@H](OC(=O)c3ccccc3)CC[C@@H]12. The van der Waals surface area contributed by atoms with E-state index in [0.717, 1.165) is 38.5 Å². The number of Topliss-reactive ketones (excluding diaryl/α,β-unsaturated/α-hetero) is 1. The van der Waals surface area contributed by atoms with Crippen LogP contribution in [0, 0.1) is 34.5 Å². The largest absolute Gasteiger partial charge is 0.458 e. The van der Waals surface area contributed by atoms with Gasteiger partial charge in [0, 0.05) is 11.8 Å². The Labute approximate surface area is 178 Å². The summed E-state index contributed by atoms with van der Waals surface area (Å²) in [6.45, 7) is 4.58. The normalized spacial score (nSPS) is 45.2. The summed E-state index contributed by atoms with van der Waals surface area (Å²) in [6.07, 6.45) is 5.80. The molecule has 1 aromatic carbocycles. The molecule has 162 valence electrons. The predicted molar refractivity (Wildman–Crippen MR) is 113 cm³/mol. The highest BCUT2D eigenvalue weighted by Gasteiger charge is 2.62. The molecule has 8 atom stereocenters. The Bertz CT molecular complexity index is 838. The lowest BCUT2D eigenvalue weighted by molar-refractivity contribution is -0.151. The van der Waals surface area contributed by atoms with Crippen LogP contribution in [0.15, 0.2) is 30.3 Å². The van der Waals surface area contributed by atoms with Gasteiger partial charge in [-0.15, -0.1) is 0 Å². The molecule has 0 aliphatic heterocycles. The molecule has 0 heterocycles. The van der Waals surface area contributed by atoms with E-state index in [1.165, 1.54) is 0 Å². The molecule has 4 saturated carbocycles. The van der Waals surface area contributed by atoms with E-state index in [2.05, 4.69) is 13.8 Å². The third-order valence-corrected chi connectivity index (χ3v) is 9.65. The van der Waals surface area contributed by atoms with E-state index in [9.17, 15) is 14.0 Å². The maximum absolute atomic E-state index is 14.5. The fourth-order valence-electron chi connectivity index (χ4n) is 7.98. The maximum Gasteiger partial charge on any atom is 0.338 e. The zero-order valence-corrected chi connectivity index (χ0v) is 18.1. The Hall–Kier alpha value is -1.71. The standard InChI is InChI=1S/C26H33FO3/c1-25-13-12-20-18(9-8-17-14-22(28)21(27)15-26(17,20)2)19(25)10-11-23(25)30-24(29)16-6-4-3-5-7-16/h3-7,17-21,23H,8-15H2,1-2H3/t17-,18-,19-,20-,21-,23+,25-,26-/m0/s1. The van der Waals surface area contributed by atoms with Gasteiger partial charge >= 0.3 is 5.97 Å². The lowest BCUT2D eigenvalue weighted by Crippen LogP contribution is -2.56. The van der Waals surface area contributed by atoms with Crippen LogP contribution in [0.3, 0.4) is 0 Å². The first kappa shape index (κ1) is 20.2. The first-order valence-electron chi connectivity index (χ1n) is 11.8. The van der Waals surface area contributed by atoms with Gasteiger partial charge in [-0.05, 0) is 86.2 Å². The van der Waals surface area contributed by atoms with Crippen LogP contribution in [-0.4, -0.2) is 24.0 Å². The second-order valence-corrected chi connectivity index (χ2v) is 10.9. The van der Waals surface area contributed by atoms with Gasteiger partial charge in [0.05, 0.1) is 5.56 Å². The Morgan fingerprint density at radius 2 is 1.73 bits per heavy atom. The highest BCUT2D eigenvalue weighted by atomic mass is 19.1. The molecule has 3 nitrogen and oxygen atoms in total. The fourth-order valence-corrected chi connectivity index (χ4v) is 7.98. The number of alkyl halides is 1. The summed E-state index contributed by atoms with van der Waals surface area (Å²) >= 11 is 0. The summed E-state index contributed by atoms with van der Waals surface area (Å²) in [6, 6.07) is 9.27. The van der Waals surface area contributed by atoms with Gasteiger partial charge in [0.1, 0.15) is 6.10 Å². The summed E-state index contributed by atoms with van der Waals surface area (Å²) in [5.41, 5.74) is 0.567. The van der Waals surface area contributed by atoms with Crippen LogP contribution in [0.1, 0.15) is 75.6 Å². The van der Waals surface area contributed by atoms with Gasteiger partial charge < -0.3 is 4.74 Å². The van der Waals surface area contributed by atoms with E-state index in [4.69, 9.17) is 4.74 Å². The number of carbonyl (C=O) groups is 2. The zero-order valence-electron chi connectivity index (χ0n) is 18.1. The van der Waals surface area contributed by atoms with Crippen molar-refractivity contribution >= 4 is 11.8 Å². The predicted octanol–water partition coefficient (Wildman–Crippen LogP) is 5.77. The maximum atomic E-state index is 14.5. The van der Waals surface area contributed by atoms with E-state index in [1.54, 1.807) is 0 Å². The molecular formula is C26H33FO3. The summed E-state index contributed by atoms with van der Waals surface area (Å²) in [5, 5.41) is 0. The molecule has 0 aromatic heterocycles. The zero-order chi connectivity index (χ0) is 21.1. The molecule has 4 aliphatic carbocycles. The second kappa shape index (κ2) is 7.17. The molecule has 4 heteroatoms. The Kier molecular flexibility index (Phi) is 4.83. The smallest absolute Gasteiger partial charge is 0.338 e. The van der Waals surface area contributed by atoms with Crippen LogP contribution in [0.2, 0.25) is 0 Å². The van der Waals surface area contributed by atoms with Gasteiger partial charge in [0.15, 0.2) is 12.0 Å². The first-order chi connectivity index (χ1) is 14.3. The van der Waals surface area contributed by atoms with Crippen molar-refractivity contribution in [3.05, 3.63) is 35.9 Å². The van der Waals surface area contributed by atoms with Crippen LogP contribution in [0.4, 0.5) is 4.39 Å². The van der Waals surface area contributed by atoms with Crippen LogP contribution < -0.4 is 0 Å². The molecular weight excluding hydrogens is 379 g/mol. The number of ketones is 1. The molecule has 0 spiro atoms. The van der Waals surface area contributed by atoms with Crippen molar-refractivity contribution in [2.24, 2.45) is 34.5 Å². The monoisotopic (exact) mass is 412 g/mol. The molecule has 4 aliphatic rings. The third-order valence-electron chi connectivity index (χ3n) is 9.65. The molecule has 0 saturated heterocycles. The number of benzene rings is 1. The summed E-state index contributed by atoms with van der Waals surface area (Å²) in [4.78, 5) is 24.7. The molecule has 0 N–H and O–H groups in total. The quantitative estimate of drug-likeness (QED) is 0.579. The second-order valence-electron chi connectivity index (χ2n) is 10.9. The minimum absolute atomic E-state index is 0.00834. The molecule has 4 fully saturated rings. The van der Waals surface area contributed by atoms with Gasteiger partial charge in [-0.2, -0.15) is 0 Å². The van der Waals surface area contributed by atoms with E-state index >= 15 is 0 Å². The average Bonchev–Trinajstić information content (AvgIpc) is 3.06. The molecule has 1 aromatic rings. The van der Waals surface area contributed by atoms with Gasteiger partial charge in [-0.1, -0.05) is 32.0 Å². The molecule has 0 unspecified atom stereocenters. The van der Waals surface area contributed by atoms with Crippen LogP contribution in [0.5, 0.6) is 0 Å². The number of halogens is 1. The van der Waals surface area contributed by atoms with Crippen molar-refractivity contribution in [2.75, 3.05) is 0 Å². The van der Waals surface area contributed by atoms with Crippen molar-refractivity contribution in [3.63, 3.8) is 0 Å². The minimum atomic E-state index is -1.28. The van der Waals surface area contributed by atoms with E-state index in [0.29, 0.717) is 42.1 Å². The molecule has 0 amide bonds. The molecule has 0 bridgehead atoms. The van der Waals surface area contributed by atoms with Crippen molar-refractivity contribution in [3.8, 4) is 0 Å². The van der Waals surface area contributed by atoms with Crippen molar-refractivity contribution < 1.29 is 18.7 Å². The Morgan fingerprint density at radius 3 is 2.50 bits per heavy atom. The van der Waals surface area contributed by atoms with Crippen molar-refractivity contribution in [1.29, 1.82) is 0 Å². The van der Waals surface area contributed by atoms with Crippen LogP contribution in [0.25, 0.3) is 0 Å². The number of carbonyl (C=O) groups excluding carboxylic acids is 2. The highest BCUT2D eigenvalue weighted by molar-refractivity contribution is 5.89. The Balaban J connectivity index is 1.35. The minimum Gasteiger partial charge on any atom is -0.458 e. The number of hydrogen-bond acceptors (Lipinski definition) is 3. The molecule has 5 rings (SSSR count). The molecule has 0 radical (unpaired) electrons. The topological polar surface area (TPSA) is 43.4 Å². The lowest BCUT2D eigenvalue weighted by Gasteiger charge is -2.60. The van der Waals surface area contributed by atoms with Crippen LogP contribution >= 0.6 is 0 Å². The number of hydrogen-bond donors (Lipinski definition) is 0. The third kappa shape index (κ3) is 2.97. The Morgan fingerprint density at radius 1 is 1.00 bits per heavy atom. The van der Waals surface area contributed by atoms with Crippen LogP contribution in [-0.2, 0) is 9.53 Å². The first-order valence-corrected chi connectivity index (χ1v) is 11.8. The number of esters is 1. The average molecular weight is 413 g/mol. The number of rotatable bonds is 2. The fraction of sp³-hybridized carbons (Fsp3) is 0.692. The number of fused-ring (bicyclic) bond motifs is 5. The summed E-state index contributed by atoms with van der Waals surface area (Å²) < 4.78 is 20.5. The summed E-state index contributed by atoms with van der Waals surface area (Å²) in [7, 11) is 0. The van der Waals surface area contributed by atoms with E-state index < -0.39 is 6.17 Å².